The van der Waals surface area contributed by atoms with Gasteiger partial charge in [-0.1, -0.05) is 19.3 Å². The van der Waals surface area contributed by atoms with E-state index in [0.717, 1.165) is 57.5 Å². The first-order valence-electron chi connectivity index (χ1n) is 13.1. The maximum Gasteiger partial charge on any atom is 0.317 e. The summed E-state index contributed by atoms with van der Waals surface area (Å²) in [6.45, 7) is 4.75. The monoisotopic (exact) mass is 472 g/mol. The predicted octanol–water partition coefficient (Wildman–Crippen LogP) is 2.76. The minimum absolute atomic E-state index is 0.0873. The van der Waals surface area contributed by atoms with Gasteiger partial charge in [0.25, 0.3) is 5.91 Å². The van der Waals surface area contributed by atoms with Gasteiger partial charge in [0, 0.05) is 31.2 Å². The van der Waals surface area contributed by atoms with Crippen molar-refractivity contribution in [2.45, 2.75) is 76.0 Å². The summed E-state index contributed by atoms with van der Waals surface area (Å²) in [5.74, 6) is 0.498. The SMILES string of the molecule is O=C(NC1CN(C(=O)NC2CCCCC2)CCCC1O)c1ccc(OCCN2CCCC2)cc1. The number of benzene rings is 1. The lowest BCUT2D eigenvalue weighted by molar-refractivity contribution is 0.0808. The van der Waals surface area contributed by atoms with E-state index in [1.165, 1.54) is 19.3 Å². The predicted molar refractivity (Wildman–Crippen MR) is 131 cm³/mol. The van der Waals surface area contributed by atoms with Gasteiger partial charge in [-0.25, -0.2) is 4.79 Å². The fraction of sp³-hybridized carbons (Fsp3) is 0.692. The number of aliphatic hydroxyl groups excluding tert-OH is 1. The number of nitrogens with one attached hydrogen (secondary N) is 2. The summed E-state index contributed by atoms with van der Waals surface area (Å²) in [6.07, 6.45) is 8.74. The zero-order chi connectivity index (χ0) is 23.8. The van der Waals surface area contributed by atoms with Crippen molar-refractivity contribution < 1.29 is 19.4 Å². The largest absolute Gasteiger partial charge is 0.492 e. The van der Waals surface area contributed by atoms with E-state index in [9.17, 15) is 14.7 Å². The molecule has 2 aliphatic heterocycles. The van der Waals surface area contributed by atoms with Gasteiger partial charge >= 0.3 is 6.03 Å². The van der Waals surface area contributed by atoms with Crippen molar-refractivity contribution in [1.82, 2.24) is 20.4 Å². The van der Waals surface area contributed by atoms with Crippen LogP contribution in [-0.2, 0) is 0 Å². The summed E-state index contributed by atoms with van der Waals surface area (Å²) < 4.78 is 5.82. The van der Waals surface area contributed by atoms with Crippen LogP contribution >= 0.6 is 0 Å². The molecule has 2 unspecified atom stereocenters. The van der Waals surface area contributed by atoms with E-state index < -0.39 is 12.1 Å². The van der Waals surface area contributed by atoms with E-state index in [0.29, 0.717) is 31.7 Å². The zero-order valence-corrected chi connectivity index (χ0v) is 20.2. The van der Waals surface area contributed by atoms with Gasteiger partial charge in [-0.3, -0.25) is 9.69 Å². The molecule has 1 aromatic rings. The molecule has 0 bridgehead atoms. The lowest BCUT2D eigenvalue weighted by atomic mass is 9.96. The molecule has 34 heavy (non-hydrogen) atoms. The van der Waals surface area contributed by atoms with Crippen molar-refractivity contribution in [3.05, 3.63) is 29.8 Å². The minimum Gasteiger partial charge on any atom is -0.492 e. The van der Waals surface area contributed by atoms with Gasteiger partial charge in [0.2, 0.25) is 0 Å². The quantitative estimate of drug-likeness (QED) is 0.567. The minimum atomic E-state index is -0.676. The fourth-order valence-corrected chi connectivity index (χ4v) is 5.24. The Labute approximate surface area is 203 Å². The van der Waals surface area contributed by atoms with Gasteiger partial charge in [0.15, 0.2) is 0 Å². The molecule has 0 radical (unpaired) electrons. The van der Waals surface area contributed by atoms with Crippen LogP contribution < -0.4 is 15.4 Å². The van der Waals surface area contributed by atoms with E-state index in [-0.39, 0.29) is 18.0 Å². The molecule has 3 aliphatic rings. The molecule has 188 valence electrons. The van der Waals surface area contributed by atoms with Crippen molar-refractivity contribution in [2.24, 2.45) is 0 Å². The van der Waals surface area contributed by atoms with Gasteiger partial charge in [-0.15, -0.1) is 0 Å². The molecule has 3 N–H and O–H groups in total. The number of ether oxygens (including phenoxy) is 1. The highest BCUT2D eigenvalue weighted by Crippen LogP contribution is 2.19. The Bertz CT molecular complexity index is 790. The van der Waals surface area contributed by atoms with Crippen LogP contribution in [0.5, 0.6) is 5.75 Å². The number of hydrogen-bond donors (Lipinski definition) is 3. The second-order valence-electron chi connectivity index (χ2n) is 9.94. The molecule has 8 heteroatoms. The third-order valence-electron chi connectivity index (χ3n) is 7.34. The standard InChI is InChI=1S/C26H40N4O4/c31-24-9-6-16-30(26(33)27-21-7-2-1-3-8-21)19-23(24)28-25(32)20-10-12-22(13-11-20)34-18-17-29-14-4-5-15-29/h10-13,21,23-24,31H,1-9,14-19H2,(H,27,33)(H,28,32). The molecular formula is C26H40N4O4. The van der Waals surface area contributed by atoms with Gasteiger partial charge < -0.3 is 25.4 Å². The van der Waals surface area contributed by atoms with Crippen LogP contribution in [0.4, 0.5) is 4.79 Å². The summed E-state index contributed by atoms with van der Waals surface area (Å²) in [5, 5.41) is 16.7. The van der Waals surface area contributed by atoms with E-state index in [1.807, 2.05) is 12.1 Å². The van der Waals surface area contributed by atoms with Crippen molar-refractivity contribution in [3.63, 3.8) is 0 Å². The van der Waals surface area contributed by atoms with Crippen LogP contribution in [-0.4, -0.2) is 84.4 Å². The van der Waals surface area contributed by atoms with Gasteiger partial charge in [-0.05, 0) is 75.9 Å². The number of rotatable bonds is 7. The van der Waals surface area contributed by atoms with Crippen LogP contribution in [0.1, 0.15) is 68.1 Å². The fourth-order valence-electron chi connectivity index (χ4n) is 5.24. The molecule has 0 aromatic heterocycles. The molecule has 8 nitrogen and oxygen atoms in total. The average Bonchev–Trinajstić information content (AvgIpc) is 3.30. The Hall–Kier alpha value is -2.32. The summed E-state index contributed by atoms with van der Waals surface area (Å²) >= 11 is 0. The zero-order valence-electron chi connectivity index (χ0n) is 20.2. The molecule has 4 rings (SSSR count). The first-order chi connectivity index (χ1) is 16.6. The van der Waals surface area contributed by atoms with E-state index in [2.05, 4.69) is 15.5 Å². The Morgan fingerprint density at radius 1 is 0.912 bits per heavy atom. The molecule has 1 saturated carbocycles. The van der Waals surface area contributed by atoms with Crippen molar-refractivity contribution >= 4 is 11.9 Å². The third-order valence-corrected chi connectivity index (χ3v) is 7.34. The molecule has 2 heterocycles. The first-order valence-corrected chi connectivity index (χ1v) is 13.1. The number of nitrogens with zero attached hydrogens (tertiary/aromatic N) is 2. The van der Waals surface area contributed by atoms with Crippen LogP contribution in [0.15, 0.2) is 24.3 Å². The summed E-state index contributed by atoms with van der Waals surface area (Å²) in [7, 11) is 0. The van der Waals surface area contributed by atoms with Gasteiger partial charge in [0.05, 0.1) is 12.1 Å². The van der Waals surface area contributed by atoms with Crippen LogP contribution in [0.25, 0.3) is 0 Å². The van der Waals surface area contributed by atoms with Crippen molar-refractivity contribution in [2.75, 3.05) is 39.3 Å². The molecule has 1 aromatic carbocycles. The molecule has 2 atom stereocenters. The second-order valence-corrected chi connectivity index (χ2v) is 9.94. The Balaban J connectivity index is 1.27. The highest BCUT2D eigenvalue weighted by atomic mass is 16.5. The highest BCUT2D eigenvalue weighted by molar-refractivity contribution is 5.94. The molecule has 3 fully saturated rings. The topological polar surface area (TPSA) is 94.1 Å². The first kappa shape index (κ1) is 24.8. The number of urea groups is 1. The molecule has 2 saturated heterocycles. The summed E-state index contributed by atoms with van der Waals surface area (Å²) in [5.41, 5.74) is 0.515. The molecule has 1 aliphatic carbocycles. The summed E-state index contributed by atoms with van der Waals surface area (Å²) in [6, 6.07) is 6.77. The van der Waals surface area contributed by atoms with Gasteiger partial charge in [0.1, 0.15) is 12.4 Å². The number of amides is 3. The Morgan fingerprint density at radius 2 is 1.65 bits per heavy atom. The normalized spacial score (nSPS) is 24.4. The van der Waals surface area contributed by atoms with Crippen molar-refractivity contribution in [1.29, 1.82) is 0 Å². The smallest absolute Gasteiger partial charge is 0.317 e. The van der Waals surface area contributed by atoms with Crippen LogP contribution in [0, 0.1) is 0 Å². The lowest BCUT2D eigenvalue weighted by Crippen LogP contribution is -2.53. The third kappa shape index (κ3) is 7.09. The van der Waals surface area contributed by atoms with Crippen LogP contribution in [0.3, 0.4) is 0 Å². The lowest BCUT2D eigenvalue weighted by Gasteiger charge is -2.30. The number of likely N-dealkylation sites (tertiary alicyclic amines) is 2. The van der Waals surface area contributed by atoms with E-state index in [1.54, 1.807) is 17.0 Å². The Kier molecular flexibility index (Phi) is 9.04. The van der Waals surface area contributed by atoms with Crippen LogP contribution in [0.2, 0.25) is 0 Å². The number of aliphatic hydroxyl groups is 1. The number of carbonyl (C=O) groups is 2. The number of hydrogen-bond acceptors (Lipinski definition) is 5. The van der Waals surface area contributed by atoms with E-state index >= 15 is 0 Å². The van der Waals surface area contributed by atoms with E-state index in [4.69, 9.17) is 4.74 Å². The molecule has 0 spiro atoms. The Morgan fingerprint density at radius 3 is 2.38 bits per heavy atom. The molecular weight excluding hydrogens is 432 g/mol. The average molecular weight is 473 g/mol. The second kappa shape index (κ2) is 12.4. The highest BCUT2D eigenvalue weighted by Gasteiger charge is 2.30. The van der Waals surface area contributed by atoms with Crippen molar-refractivity contribution in [3.8, 4) is 5.75 Å². The molecule has 3 amide bonds. The maximum absolute atomic E-state index is 12.9. The maximum atomic E-state index is 12.9. The van der Waals surface area contributed by atoms with Gasteiger partial charge in [-0.2, -0.15) is 0 Å². The summed E-state index contributed by atoms with van der Waals surface area (Å²) in [4.78, 5) is 29.9. The number of carbonyl (C=O) groups excluding carboxylic acids is 2.